The number of aldehydes is 1. The molecule has 2 aromatic heterocycles. The van der Waals surface area contributed by atoms with Gasteiger partial charge in [0.25, 0.3) is 0 Å². The fraction of sp³-hybridized carbons (Fsp3) is 0.333. The SMILES string of the molecule is COc1cc(Nc2nccc(-c3sc(N4CCOC4C=O)nc3C)n2)cc(OC)c1OC. The highest BCUT2D eigenvalue weighted by molar-refractivity contribution is 7.19. The third-order valence-electron chi connectivity index (χ3n) is 4.88. The number of aromatic nitrogens is 3. The first-order valence-electron chi connectivity index (χ1n) is 9.79. The molecule has 1 unspecified atom stereocenters. The van der Waals surface area contributed by atoms with Gasteiger partial charge in [-0.1, -0.05) is 11.3 Å². The van der Waals surface area contributed by atoms with Crippen LogP contribution in [0.5, 0.6) is 17.2 Å². The highest BCUT2D eigenvalue weighted by Crippen LogP contribution is 2.41. The van der Waals surface area contributed by atoms with Gasteiger partial charge in [-0.25, -0.2) is 15.0 Å². The van der Waals surface area contributed by atoms with Gasteiger partial charge in [0.15, 0.2) is 29.1 Å². The second-order valence-corrected chi connectivity index (χ2v) is 7.78. The summed E-state index contributed by atoms with van der Waals surface area (Å²) in [7, 11) is 4.67. The molecule has 168 valence electrons. The minimum absolute atomic E-state index is 0.404. The van der Waals surface area contributed by atoms with Gasteiger partial charge >= 0.3 is 0 Å². The van der Waals surface area contributed by atoms with E-state index in [1.807, 2.05) is 17.9 Å². The van der Waals surface area contributed by atoms with Gasteiger partial charge in [-0.3, -0.25) is 4.79 Å². The third kappa shape index (κ3) is 4.16. The lowest BCUT2D eigenvalue weighted by Gasteiger charge is -2.16. The summed E-state index contributed by atoms with van der Waals surface area (Å²) in [6.45, 7) is 3.03. The van der Waals surface area contributed by atoms with E-state index in [2.05, 4.69) is 20.3 Å². The van der Waals surface area contributed by atoms with Crippen molar-refractivity contribution in [2.45, 2.75) is 13.2 Å². The molecule has 1 saturated heterocycles. The predicted molar refractivity (Wildman–Crippen MR) is 120 cm³/mol. The number of anilines is 3. The van der Waals surface area contributed by atoms with Gasteiger partial charge in [-0.05, 0) is 13.0 Å². The molecule has 10 nitrogen and oxygen atoms in total. The topological polar surface area (TPSA) is 108 Å². The number of nitrogens with one attached hydrogen (secondary N) is 1. The molecule has 1 fully saturated rings. The van der Waals surface area contributed by atoms with Crippen molar-refractivity contribution in [1.29, 1.82) is 0 Å². The van der Waals surface area contributed by atoms with E-state index in [9.17, 15) is 4.79 Å². The normalized spacial score (nSPS) is 15.5. The zero-order valence-corrected chi connectivity index (χ0v) is 18.9. The Hall–Kier alpha value is -3.44. The first-order valence-corrected chi connectivity index (χ1v) is 10.6. The Kier molecular flexibility index (Phi) is 6.37. The second kappa shape index (κ2) is 9.37. The molecule has 1 aromatic carbocycles. The molecule has 0 bridgehead atoms. The number of thiazole rings is 1. The van der Waals surface area contributed by atoms with Gasteiger partial charge in [0.2, 0.25) is 11.7 Å². The van der Waals surface area contributed by atoms with Crippen LogP contribution < -0.4 is 24.4 Å². The van der Waals surface area contributed by atoms with Crippen molar-refractivity contribution in [2.75, 3.05) is 44.7 Å². The van der Waals surface area contributed by atoms with Crippen LogP contribution in [0.4, 0.5) is 16.8 Å². The van der Waals surface area contributed by atoms with Crippen molar-refractivity contribution in [1.82, 2.24) is 15.0 Å². The first-order chi connectivity index (χ1) is 15.6. The maximum Gasteiger partial charge on any atom is 0.227 e. The first kappa shape index (κ1) is 21.8. The average Bonchev–Trinajstić information content (AvgIpc) is 3.44. The summed E-state index contributed by atoms with van der Waals surface area (Å²) >= 11 is 1.46. The van der Waals surface area contributed by atoms with Crippen LogP contribution in [-0.2, 0) is 9.53 Å². The average molecular weight is 458 g/mol. The number of benzene rings is 1. The Morgan fingerprint density at radius 1 is 1.19 bits per heavy atom. The van der Waals surface area contributed by atoms with Gasteiger partial charge in [0.1, 0.15) is 0 Å². The van der Waals surface area contributed by atoms with Crippen LogP contribution >= 0.6 is 11.3 Å². The summed E-state index contributed by atoms with van der Waals surface area (Å²) in [4.78, 5) is 27.6. The minimum atomic E-state index is -0.601. The molecular weight excluding hydrogens is 434 g/mol. The van der Waals surface area contributed by atoms with Crippen LogP contribution in [0.3, 0.4) is 0 Å². The number of hydrogen-bond acceptors (Lipinski definition) is 11. The van der Waals surface area contributed by atoms with E-state index in [-0.39, 0.29) is 0 Å². The number of ether oxygens (including phenoxy) is 4. The zero-order valence-electron chi connectivity index (χ0n) is 18.1. The fourth-order valence-electron chi connectivity index (χ4n) is 3.38. The van der Waals surface area contributed by atoms with Crippen molar-refractivity contribution >= 4 is 34.4 Å². The molecule has 32 heavy (non-hydrogen) atoms. The number of aryl methyl sites for hydroxylation is 1. The maximum atomic E-state index is 11.3. The number of methoxy groups -OCH3 is 3. The lowest BCUT2D eigenvalue weighted by Crippen LogP contribution is -2.30. The lowest BCUT2D eigenvalue weighted by atomic mass is 10.2. The Labute approximate surface area is 189 Å². The van der Waals surface area contributed by atoms with Gasteiger partial charge in [-0.2, -0.15) is 0 Å². The number of rotatable bonds is 8. The number of carbonyl (C=O) groups excluding carboxylic acids is 1. The van der Waals surface area contributed by atoms with E-state index in [1.165, 1.54) is 11.3 Å². The van der Waals surface area contributed by atoms with E-state index < -0.39 is 6.23 Å². The monoisotopic (exact) mass is 457 g/mol. The lowest BCUT2D eigenvalue weighted by molar-refractivity contribution is -0.115. The largest absolute Gasteiger partial charge is 0.493 e. The van der Waals surface area contributed by atoms with Crippen LogP contribution in [0.25, 0.3) is 10.6 Å². The number of carbonyl (C=O) groups is 1. The molecule has 0 amide bonds. The predicted octanol–water partition coefficient (Wildman–Crippen LogP) is 3.04. The second-order valence-electron chi connectivity index (χ2n) is 6.81. The smallest absolute Gasteiger partial charge is 0.227 e. The summed E-state index contributed by atoms with van der Waals surface area (Å²) in [6.07, 6.45) is 1.86. The highest BCUT2D eigenvalue weighted by atomic mass is 32.1. The van der Waals surface area contributed by atoms with E-state index >= 15 is 0 Å². The van der Waals surface area contributed by atoms with Gasteiger partial charge in [-0.15, -0.1) is 0 Å². The van der Waals surface area contributed by atoms with Crippen molar-refractivity contribution in [3.63, 3.8) is 0 Å². The van der Waals surface area contributed by atoms with E-state index in [4.69, 9.17) is 18.9 Å². The van der Waals surface area contributed by atoms with Crippen molar-refractivity contribution in [2.24, 2.45) is 0 Å². The van der Waals surface area contributed by atoms with Gasteiger partial charge < -0.3 is 29.2 Å². The number of hydrogen-bond donors (Lipinski definition) is 1. The minimum Gasteiger partial charge on any atom is -0.493 e. The summed E-state index contributed by atoms with van der Waals surface area (Å²) < 4.78 is 21.6. The van der Waals surface area contributed by atoms with Crippen molar-refractivity contribution in [3.05, 3.63) is 30.1 Å². The van der Waals surface area contributed by atoms with Gasteiger partial charge in [0.05, 0.1) is 44.2 Å². The molecular formula is C21H23N5O5S. The van der Waals surface area contributed by atoms with Crippen molar-refractivity contribution < 1.29 is 23.7 Å². The molecule has 3 aromatic rings. The molecule has 0 aliphatic carbocycles. The molecule has 0 radical (unpaired) electrons. The highest BCUT2D eigenvalue weighted by Gasteiger charge is 2.28. The van der Waals surface area contributed by atoms with Crippen molar-refractivity contribution in [3.8, 4) is 27.8 Å². The molecule has 1 aliphatic heterocycles. The standard InChI is InChI=1S/C21H23N5O5S/c1-12-19(32-21(23-12)26-7-8-31-17(26)11-27)14-5-6-22-20(25-14)24-13-9-15(28-2)18(30-4)16(10-13)29-3/h5-6,9-11,17H,7-8H2,1-4H3,(H,22,24,25). The molecule has 0 saturated carbocycles. The Bertz CT molecular complexity index is 1100. The summed E-state index contributed by atoms with van der Waals surface area (Å²) in [5, 5.41) is 3.91. The third-order valence-corrected chi connectivity index (χ3v) is 6.10. The number of nitrogens with zero attached hydrogens (tertiary/aromatic N) is 4. The Balaban J connectivity index is 1.62. The summed E-state index contributed by atoms with van der Waals surface area (Å²) in [6, 6.07) is 5.38. The zero-order chi connectivity index (χ0) is 22.7. The molecule has 1 aliphatic rings. The quantitative estimate of drug-likeness (QED) is 0.507. The molecule has 0 spiro atoms. The fourth-order valence-corrected chi connectivity index (χ4v) is 4.47. The maximum absolute atomic E-state index is 11.3. The van der Waals surface area contributed by atoms with Crippen LogP contribution in [-0.4, -0.2) is 61.9 Å². The van der Waals surface area contributed by atoms with Crippen LogP contribution in [0.15, 0.2) is 24.4 Å². The molecule has 3 heterocycles. The van der Waals surface area contributed by atoms with E-state index in [0.29, 0.717) is 42.0 Å². The van der Waals surface area contributed by atoms with Crippen LogP contribution in [0, 0.1) is 6.92 Å². The Morgan fingerprint density at radius 2 is 1.94 bits per heavy atom. The summed E-state index contributed by atoms with van der Waals surface area (Å²) in [5.74, 6) is 1.95. The summed E-state index contributed by atoms with van der Waals surface area (Å²) in [5.41, 5.74) is 2.22. The van der Waals surface area contributed by atoms with E-state index in [0.717, 1.165) is 27.7 Å². The van der Waals surface area contributed by atoms with Gasteiger partial charge in [0, 0.05) is 30.6 Å². The molecule has 11 heteroatoms. The van der Waals surface area contributed by atoms with E-state index in [1.54, 1.807) is 39.7 Å². The Morgan fingerprint density at radius 3 is 2.59 bits per heavy atom. The molecule has 4 rings (SSSR count). The van der Waals surface area contributed by atoms with Crippen LogP contribution in [0.1, 0.15) is 5.69 Å². The molecule has 1 N–H and O–H groups in total. The molecule has 1 atom stereocenters. The van der Waals surface area contributed by atoms with Crippen LogP contribution in [0.2, 0.25) is 0 Å².